The average molecular weight is 224 g/mol. The molecule has 0 aromatic heterocycles. The fourth-order valence-corrected chi connectivity index (χ4v) is 3.26. The van der Waals surface area contributed by atoms with Crippen LogP contribution < -0.4 is 5.73 Å². The Hall–Kier alpha value is -0.0800. The third kappa shape index (κ3) is 3.46. The summed E-state index contributed by atoms with van der Waals surface area (Å²) in [6, 6.07) is 0. The molecule has 2 N–H and O–H groups in total. The summed E-state index contributed by atoms with van der Waals surface area (Å²) in [5.41, 5.74) is 6.61. The van der Waals surface area contributed by atoms with Crippen LogP contribution in [0.1, 0.15) is 58.3 Å². The molecular formula is C14H28N2. The first kappa shape index (κ1) is 12.4. The topological polar surface area (TPSA) is 29.3 Å². The molecule has 0 radical (unpaired) electrons. The third-order valence-electron chi connectivity index (χ3n) is 4.63. The van der Waals surface area contributed by atoms with E-state index in [0.29, 0.717) is 0 Å². The van der Waals surface area contributed by atoms with Gasteiger partial charge in [-0.3, -0.25) is 0 Å². The van der Waals surface area contributed by atoms with Gasteiger partial charge in [-0.25, -0.2) is 0 Å². The molecule has 1 aliphatic carbocycles. The van der Waals surface area contributed by atoms with E-state index in [0.717, 1.165) is 5.92 Å². The highest BCUT2D eigenvalue weighted by atomic mass is 15.1. The lowest BCUT2D eigenvalue weighted by atomic mass is 9.94. The minimum absolute atomic E-state index is 0.192. The fourth-order valence-electron chi connectivity index (χ4n) is 3.26. The number of likely N-dealkylation sites (tertiary alicyclic amines) is 1. The third-order valence-corrected chi connectivity index (χ3v) is 4.63. The summed E-state index contributed by atoms with van der Waals surface area (Å²) in [5.74, 6) is 0.934. The molecule has 1 unspecified atom stereocenters. The summed E-state index contributed by atoms with van der Waals surface area (Å²) >= 11 is 0. The van der Waals surface area contributed by atoms with Crippen molar-refractivity contribution in [2.24, 2.45) is 11.7 Å². The maximum absolute atomic E-state index is 6.42. The molecule has 16 heavy (non-hydrogen) atoms. The van der Waals surface area contributed by atoms with E-state index in [1.165, 1.54) is 71.0 Å². The van der Waals surface area contributed by atoms with Crippen LogP contribution in [0.5, 0.6) is 0 Å². The zero-order valence-corrected chi connectivity index (χ0v) is 10.9. The summed E-state index contributed by atoms with van der Waals surface area (Å²) in [6.07, 6.45) is 10.7. The van der Waals surface area contributed by atoms with E-state index < -0.39 is 0 Å². The van der Waals surface area contributed by atoms with Gasteiger partial charge in [0.15, 0.2) is 0 Å². The van der Waals surface area contributed by atoms with Gasteiger partial charge < -0.3 is 10.6 Å². The summed E-state index contributed by atoms with van der Waals surface area (Å²) < 4.78 is 0. The summed E-state index contributed by atoms with van der Waals surface area (Å²) in [6.45, 7) is 6.24. The van der Waals surface area contributed by atoms with Crippen LogP contribution >= 0.6 is 0 Å². The molecule has 1 saturated carbocycles. The van der Waals surface area contributed by atoms with Crippen LogP contribution in [0.25, 0.3) is 0 Å². The summed E-state index contributed by atoms with van der Waals surface area (Å²) in [5, 5.41) is 0. The number of hydrogen-bond donors (Lipinski definition) is 1. The normalized spacial score (nSPS) is 31.5. The second kappa shape index (κ2) is 5.50. The Balaban J connectivity index is 1.72. The lowest BCUT2D eigenvalue weighted by Crippen LogP contribution is -2.40. The Morgan fingerprint density at radius 2 is 1.88 bits per heavy atom. The van der Waals surface area contributed by atoms with Crippen molar-refractivity contribution >= 4 is 0 Å². The standard InChI is InChI=1S/C14H28N2/c1-13-5-4-10-16(11-6-13)12-9-14(15)7-2-3-8-14/h13H,2-12,15H2,1H3. The molecule has 2 fully saturated rings. The molecule has 0 bridgehead atoms. The lowest BCUT2D eigenvalue weighted by molar-refractivity contribution is 0.244. The predicted molar refractivity (Wildman–Crippen MR) is 69.5 cm³/mol. The van der Waals surface area contributed by atoms with Gasteiger partial charge in [0.2, 0.25) is 0 Å². The van der Waals surface area contributed by atoms with Gasteiger partial charge in [-0.1, -0.05) is 19.8 Å². The molecule has 1 aliphatic heterocycles. The highest BCUT2D eigenvalue weighted by Gasteiger charge is 2.29. The van der Waals surface area contributed by atoms with Crippen molar-refractivity contribution in [2.45, 2.75) is 63.8 Å². The SMILES string of the molecule is CC1CCCN(CCC2(N)CCCC2)CC1. The van der Waals surface area contributed by atoms with Crippen molar-refractivity contribution in [3.63, 3.8) is 0 Å². The van der Waals surface area contributed by atoms with Crippen LogP contribution in [0.4, 0.5) is 0 Å². The Kier molecular flexibility index (Phi) is 4.26. The van der Waals surface area contributed by atoms with E-state index >= 15 is 0 Å². The molecule has 2 nitrogen and oxygen atoms in total. The van der Waals surface area contributed by atoms with Crippen molar-refractivity contribution in [2.75, 3.05) is 19.6 Å². The van der Waals surface area contributed by atoms with Crippen LogP contribution in [-0.4, -0.2) is 30.1 Å². The average Bonchev–Trinajstić information content (AvgIpc) is 2.58. The van der Waals surface area contributed by atoms with Gasteiger partial charge in [0.25, 0.3) is 0 Å². The first-order chi connectivity index (χ1) is 7.68. The Morgan fingerprint density at radius 1 is 1.12 bits per heavy atom. The van der Waals surface area contributed by atoms with E-state index in [4.69, 9.17) is 5.73 Å². The largest absolute Gasteiger partial charge is 0.325 e. The van der Waals surface area contributed by atoms with Crippen LogP contribution in [0.2, 0.25) is 0 Å². The molecule has 2 rings (SSSR count). The van der Waals surface area contributed by atoms with Crippen molar-refractivity contribution < 1.29 is 0 Å². The van der Waals surface area contributed by atoms with Crippen LogP contribution in [0.3, 0.4) is 0 Å². The molecule has 1 heterocycles. The zero-order valence-electron chi connectivity index (χ0n) is 10.9. The smallest absolute Gasteiger partial charge is 0.0166 e. The van der Waals surface area contributed by atoms with Crippen LogP contribution in [0, 0.1) is 5.92 Å². The molecule has 1 saturated heterocycles. The molecule has 2 heteroatoms. The van der Waals surface area contributed by atoms with Gasteiger partial charge in [-0.15, -0.1) is 0 Å². The van der Waals surface area contributed by atoms with E-state index in [2.05, 4.69) is 11.8 Å². The van der Waals surface area contributed by atoms with Crippen molar-refractivity contribution in [3.8, 4) is 0 Å². The van der Waals surface area contributed by atoms with Crippen molar-refractivity contribution in [1.29, 1.82) is 0 Å². The lowest BCUT2D eigenvalue weighted by Gasteiger charge is -2.28. The first-order valence-electron chi connectivity index (χ1n) is 7.19. The van der Waals surface area contributed by atoms with E-state index in [1.54, 1.807) is 0 Å². The van der Waals surface area contributed by atoms with E-state index in [1.807, 2.05) is 0 Å². The second-order valence-corrected chi connectivity index (χ2v) is 6.20. The first-order valence-corrected chi connectivity index (χ1v) is 7.19. The maximum Gasteiger partial charge on any atom is 0.0166 e. The van der Waals surface area contributed by atoms with Gasteiger partial charge in [-0.2, -0.15) is 0 Å². The van der Waals surface area contributed by atoms with Gasteiger partial charge >= 0.3 is 0 Å². The van der Waals surface area contributed by atoms with Gasteiger partial charge in [0, 0.05) is 5.54 Å². The van der Waals surface area contributed by atoms with Crippen LogP contribution in [0.15, 0.2) is 0 Å². The number of rotatable bonds is 3. The number of hydrogen-bond acceptors (Lipinski definition) is 2. The monoisotopic (exact) mass is 224 g/mol. The minimum Gasteiger partial charge on any atom is -0.325 e. The molecule has 2 aliphatic rings. The number of nitrogens with zero attached hydrogens (tertiary/aromatic N) is 1. The second-order valence-electron chi connectivity index (χ2n) is 6.20. The highest BCUT2D eigenvalue weighted by Crippen LogP contribution is 2.30. The molecule has 1 atom stereocenters. The fraction of sp³-hybridized carbons (Fsp3) is 1.00. The zero-order chi connectivity index (χ0) is 11.4. The molecule has 0 aromatic carbocycles. The van der Waals surface area contributed by atoms with Crippen molar-refractivity contribution in [1.82, 2.24) is 4.90 Å². The Morgan fingerprint density at radius 3 is 2.62 bits per heavy atom. The molecule has 0 aromatic rings. The Labute approximate surface area is 101 Å². The summed E-state index contributed by atoms with van der Waals surface area (Å²) in [7, 11) is 0. The van der Waals surface area contributed by atoms with Gasteiger partial charge in [0.05, 0.1) is 0 Å². The molecule has 94 valence electrons. The quantitative estimate of drug-likeness (QED) is 0.798. The van der Waals surface area contributed by atoms with Gasteiger partial charge in [-0.05, 0) is 64.1 Å². The number of nitrogens with two attached hydrogens (primary N) is 1. The van der Waals surface area contributed by atoms with Gasteiger partial charge in [0.1, 0.15) is 0 Å². The minimum atomic E-state index is 0.192. The van der Waals surface area contributed by atoms with Crippen LogP contribution in [-0.2, 0) is 0 Å². The van der Waals surface area contributed by atoms with E-state index in [-0.39, 0.29) is 5.54 Å². The molecule has 0 amide bonds. The van der Waals surface area contributed by atoms with Crippen molar-refractivity contribution in [3.05, 3.63) is 0 Å². The summed E-state index contributed by atoms with van der Waals surface area (Å²) in [4.78, 5) is 2.65. The Bertz CT molecular complexity index is 209. The van der Waals surface area contributed by atoms with E-state index in [9.17, 15) is 0 Å². The molecule has 0 spiro atoms. The highest BCUT2D eigenvalue weighted by molar-refractivity contribution is 4.90. The predicted octanol–water partition coefficient (Wildman–Crippen LogP) is 2.77. The molecular weight excluding hydrogens is 196 g/mol. The maximum atomic E-state index is 6.42.